The van der Waals surface area contributed by atoms with E-state index in [-0.39, 0.29) is 6.54 Å². The Hall–Kier alpha value is -1.79. The highest BCUT2D eigenvalue weighted by Gasteiger charge is 2.53. The fraction of sp³-hybridized carbons (Fsp3) is 0.500. The Morgan fingerprint density at radius 1 is 1.43 bits per heavy atom. The van der Waals surface area contributed by atoms with E-state index in [2.05, 4.69) is 0 Å². The lowest BCUT2D eigenvalue weighted by atomic mass is 10.0. The van der Waals surface area contributed by atoms with E-state index in [4.69, 9.17) is 4.74 Å². The van der Waals surface area contributed by atoms with E-state index in [9.17, 15) is 22.4 Å². The van der Waals surface area contributed by atoms with Gasteiger partial charge in [0.1, 0.15) is 5.75 Å². The Labute approximate surface area is 119 Å². The molecule has 0 N–H and O–H groups in total. The highest BCUT2D eigenvalue weighted by atomic mass is 19.3. The molecule has 3 nitrogen and oxygen atoms in total. The van der Waals surface area contributed by atoms with E-state index in [0.29, 0.717) is 24.2 Å². The predicted octanol–water partition coefficient (Wildman–Crippen LogP) is 3.26. The van der Waals surface area contributed by atoms with Gasteiger partial charge in [0.2, 0.25) is 0 Å². The van der Waals surface area contributed by atoms with Crippen molar-refractivity contribution in [3.63, 3.8) is 0 Å². The van der Waals surface area contributed by atoms with Gasteiger partial charge in [-0.2, -0.15) is 8.78 Å². The number of rotatable bonds is 4. The number of alkyl halides is 4. The Balaban J connectivity index is 2.26. The maximum absolute atomic E-state index is 13.3. The molecule has 1 atom stereocenters. The zero-order chi connectivity index (χ0) is 15.6. The molecular weight excluding hydrogens is 290 g/mol. The number of hydrogen-bond donors (Lipinski definition) is 0. The maximum Gasteiger partial charge on any atom is 0.383 e. The minimum absolute atomic E-state index is 0.0447. The van der Waals surface area contributed by atoms with Gasteiger partial charge >= 0.3 is 12.3 Å². The van der Waals surface area contributed by atoms with E-state index >= 15 is 0 Å². The van der Waals surface area contributed by atoms with Crippen molar-refractivity contribution in [1.82, 2.24) is 4.90 Å². The molecule has 1 saturated heterocycles. The third-order valence-corrected chi connectivity index (χ3v) is 3.55. The number of benzene rings is 1. The minimum Gasteiger partial charge on any atom is -0.497 e. The highest BCUT2D eigenvalue weighted by molar-refractivity contribution is 5.84. The molecule has 0 bridgehead atoms. The van der Waals surface area contributed by atoms with Crippen LogP contribution in [0.2, 0.25) is 0 Å². The Morgan fingerprint density at radius 2 is 2.14 bits per heavy atom. The Morgan fingerprint density at radius 3 is 2.76 bits per heavy atom. The molecule has 1 fully saturated rings. The lowest BCUT2D eigenvalue weighted by Crippen LogP contribution is -2.47. The number of nitrogens with zero attached hydrogens (tertiary/aromatic N) is 1. The molecule has 21 heavy (non-hydrogen) atoms. The molecule has 1 aliphatic rings. The van der Waals surface area contributed by atoms with Crippen molar-refractivity contribution in [2.45, 2.75) is 31.2 Å². The van der Waals surface area contributed by atoms with E-state index in [1.165, 1.54) is 7.11 Å². The van der Waals surface area contributed by atoms with Crippen molar-refractivity contribution in [2.75, 3.05) is 13.7 Å². The SMILES string of the molecule is COc1cccc([C@H]2CCCN2C(=O)C(F)(F)C(F)F)c1. The molecule has 0 radical (unpaired) electrons. The quantitative estimate of drug-likeness (QED) is 0.799. The normalized spacial score (nSPS) is 19.1. The molecule has 0 saturated carbocycles. The summed E-state index contributed by atoms with van der Waals surface area (Å²) < 4.78 is 56.3. The predicted molar refractivity (Wildman–Crippen MR) is 67.6 cm³/mol. The van der Waals surface area contributed by atoms with E-state index in [1.807, 2.05) is 0 Å². The van der Waals surface area contributed by atoms with Gasteiger partial charge in [0.25, 0.3) is 5.91 Å². The van der Waals surface area contributed by atoms with Crippen LogP contribution in [-0.4, -0.2) is 36.8 Å². The second kappa shape index (κ2) is 5.91. The van der Waals surface area contributed by atoms with Crippen LogP contribution in [0.5, 0.6) is 5.75 Å². The zero-order valence-electron chi connectivity index (χ0n) is 11.4. The fourth-order valence-electron chi connectivity index (χ4n) is 2.49. The van der Waals surface area contributed by atoms with Crippen LogP contribution in [0.15, 0.2) is 24.3 Å². The monoisotopic (exact) mass is 305 g/mol. The van der Waals surface area contributed by atoms with Gasteiger partial charge in [0, 0.05) is 6.54 Å². The third-order valence-electron chi connectivity index (χ3n) is 3.55. The summed E-state index contributed by atoms with van der Waals surface area (Å²) in [4.78, 5) is 12.5. The van der Waals surface area contributed by atoms with Crippen LogP contribution in [-0.2, 0) is 4.79 Å². The molecule has 116 valence electrons. The van der Waals surface area contributed by atoms with Crippen LogP contribution < -0.4 is 4.74 Å². The zero-order valence-corrected chi connectivity index (χ0v) is 11.4. The lowest BCUT2D eigenvalue weighted by Gasteiger charge is -2.28. The summed E-state index contributed by atoms with van der Waals surface area (Å²) in [7, 11) is 1.46. The van der Waals surface area contributed by atoms with E-state index < -0.39 is 24.3 Å². The Bertz CT molecular complexity index is 521. The van der Waals surface area contributed by atoms with Crippen LogP contribution in [0, 0.1) is 0 Å². The van der Waals surface area contributed by atoms with Gasteiger partial charge in [-0.25, -0.2) is 8.78 Å². The summed E-state index contributed by atoms with van der Waals surface area (Å²) in [6.45, 7) is 0.0447. The molecule has 2 rings (SSSR count). The molecular formula is C14H15F4NO2. The summed E-state index contributed by atoms with van der Waals surface area (Å²) in [5.41, 5.74) is 0.602. The van der Waals surface area contributed by atoms with Crippen molar-refractivity contribution in [1.29, 1.82) is 0 Å². The number of carbonyl (C=O) groups excluding carboxylic acids is 1. The number of halogens is 4. The number of carbonyl (C=O) groups is 1. The van der Waals surface area contributed by atoms with Gasteiger partial charge in [-0.3, -0.25) is 4.79 Å². The van der Waals surface area contributed by atoms with Crippen LogP contribution in [0.3, 0.4) is 0 Å². The smallest absolute Gasteiger partial charge is 0.383 e. The van der Waals surface area contributed by atoms with Gasteiger partial charge in [-0.1, -0.05) is 12.1 Å². The number of ether oxygens (including phenoxy) is 1. The van der Waals surface area contributed by atoms with Crippen molar-refractivity contribution >= 4 is 5.91 Å². The Kier molecular flexibility index (Phi) is 4.39. The lowest BCUT2D eigenvalue weighted by molar-refractivity contribution is -0.181. The van der Waals surface area contributed by atoms with Gasteiger partial charge in [-0.05, 0) is 30.5 Å². The van der Waals surface area contributed by atoms with Crippen molar-refractivity contribution in [3.8, 4) is 5.75 Å². The summed E-state index contributed by atoms with van der Waals surface area (Å²) in [6, 6.07) is 6.01. The summed E-state index contributed by atoms with van der Waals surface area (Å²) >= 11 is 0. The molecule has 1 aromatic carbocycles. The minimum atomic E-state index is -4.65. The van der Waals surface area contributed by atoms with Gasteiger partial charge in [0.15, 0.2) is 0 Å². The number of methoxy groups -OCH3 is 1. The third kappa shape index (κ3) is 2.96. The second-order valence-corrected chi connectivity index (χ2v) is 4.86. The largest absolute Gasteiger partial charge is 0.497 e. The van der Waals surface area contributed by atoms with Crippen LogP contribution >= 0.6 is 0 Å². The second-order valence-electron chi connectivity index (χ2n) is 4.86. The van der Waals surface area contributed by atoms with Crippen LogP contribution in [0.4, 0.5) is 17.6 Å². The van der Waals surface area contributed by atoms with Gasteiger partial charge in [0.05, 0.1) is 13.2 Å². The molecule has 1 amide bonds. The first-order valence-electron chi connectivity index (χ1n) is 6.49. The maximum atomic E-state index is 13.3. The molecule has 1 aliphatic heterocycles. The molecule has 0 spiro atoms. The first kappa shape index (κ1) is 15.6. The summed E-state index contributed by atoms with van der Waals surface area (Å²) in [5, 5.41) is 0. The van der Waals surface area contributed by atoms with Crippen LogP contribution in [0.25, 0.3) is 0 Å². The highest BCUT2D eigenvalue weighted by Crippen LogP contribution is 2.37. The molecule has 0 aromatic heterocycles. The topological polar surface area (TPSA) is 29.5 Å². The average molecular weight is 305 g/mol. The molecule has 1 aromatic rings. The van der Waals surface area contributed by atoms with Crippen LogP contribution in [0.1, 0.15) is 24.4 Å². The van der Waals surface area contributed by atoms with Crippen molar-refractivity contribution in [3.05, 3.63) is 29.8 Å². The van der Waals surface area contributed by atoms with E-state index in [1.54, 1.807) is 24.3 Å². The number of likely N-dealkylation sites (tertiary alicyclic amines) is 1. The molecule has 0 unspecified atom stereocenters. The number of amides is 1. The summed E-state index contributed by atoms with van der Waals surface area (Å²) in [5.74, 6) is -5.95. The first-order valence-corrected chi connectivity index (χ1v) is 6.49. The van der Waals surface area contributed by atoms with Gasteiger partial charge in [-0.15, -0.1) is 0 Å². The van der Waals surface area contributed by atoms with E-state index in [0.717, 1.165) is 4.90 Å². The molecule has 0 aliphatic carbocycles. The fourth-order valence-corrected chi connectivity index (χ4v) is 2.49. The molecule has 1 heterocycles. The molecule has 7 heteroatoms. The van der Waals surface area contributed by atoms with Crippen molar-refractivity contribution in [2.24, 2.45) is 0 Å². The first-order chi connectivity index (χ1) is 9.87. The average Bonchev–Trinajstić information content (AvgIpc) is 2.95. The van der Waals surface area contributed by atoms with Crippen molar-refractivity contribution < 1.29 is 27.1 Å². The summed E-state index contributed by atoms with van der Waals surface area (Å²) in [6.07, 6.45) is -3.05. The standard InChI is InChI=1S/C14H15F4NO2/c1-21-10-5-2-4-9(8-10)11-6-3-7-19(11)13(20)14(17,18)12(15)16/h2,4-5,8,11-12H,3,6-7H2,1H3/t11-/m1/s1. The number of hydrogen-bond acceptors (Lipinski definition) is 2. The van der Waals surface area contributed by atoms with Gasteiger partial charge < -0.3 is 9.64 Å².